The summed E-state index contributed by atoms with van der Waals surface area (Å²) in [6, 6.07) is 16.7. The molecule has 0 heterocycles. The molecule has 1 aliphatic rings. The van der Waals surface area contributed by atoms with Gasteiger partial charge in [-0.05, 0) is 35.7 Å². The Kier molecular flexibility index (Phi) is 27.7. The Hall–Kier alpha value is -5.57. The molecule has 0 radical (unpaired) electrons. The summed E-state index contributed by atoms with van der Waals surface area (Å²) < 4.78 is 5.35. The molecular formula is C38H49N3O8. The fourth-order valence-corrected chi connectivity index (χ4v) is 3.82. The Morgan fingerprint density at radius 2 is 1.16 bits per heavy atom. The molecule has 0 fully saturated rings. The molecule has 2 aromatic rings. The van der Waals surface area contributed by atoms with Crippen molar-refractivity contribution in [2.75, 3.05) is 26.2 Å². The summed E-state index contributed by atoms with van der Waals surface area (Å²) in [5.41, 5.74) is 9.88. The third kappa shape index (κ3) is 22.6. The number of hydrogen-bond donors (Lipinski definition) is 5. The quantitative estimate of drug-likeness (QED) is 0.161. The Balaban J connectivity index is 0. The maximum atomic E-state index is 11.4. The highest BCUT2D eigenvalue weighted by molar-refractivity contribution is 5.81. The van der Waals surface area contributed by atoms with Crippen LogP contribution in [-0.2, 0) is 28.7 Å². The first kappa shape index (κ1) is 45.6. The third-order valence-corrected chi connectivity index (χ3v) is 5.95. The second kappa shape index (κ2) is 29.8. The molecule has 2 amide bonds. The molecule has 0 saturated carbocycles. The molecular weight excluding hydrogens is 626 g/mol. The van der Waals surface area contributed by atoms with E-state index in [1.165, 1.54) is 22.3 Å². The van der Waals surface area contributed by atoms with Crippen LogP contribution in [0.4, 0.5) is 0 Å². The zero-order valence-electron chi connectivity index (χ0n) is 28.6. The van der Waals surface area contributed by atoms with E-state index in [0.29, 0.717) is 45.3 Å². The van der Waals surface area contributed by atoms with Crippen molar-refractivity contribution in [3.8, 4) is 48.2 Å². The van der Waals surface area contributed by atoms with Crippen LogP contribution >= 0.6 is 0 Å². The molecule has 11 nitrogen and oxygen atoms in total. The minimum absolute atomic E-state index is 0.0375. The molecule has 0 atom stereocenters. The van der Waals surface area contributed by atoms with E-state index in [9.17, 15) is 24.0 Å². The number of carbonyl (C=O) groups excluding carboxylic acids is 3. The number of ether oxygens (including phenoxy) is 1. The van der Waals surface area contributed by atoms with Crippen molar-refractivity contribution < 1.29 is 38.9 Å². The predicted molar refractivity (Wildman–Crippen MR) is 191 cm³/mol. The minimum atomic E-state index is -1.06. The molecule has 2 aromatic carbocycles. The van der Waals surface area contributed by atoms with Gasteiger partial charge in [0.05, 0.1) is 6.42 Å². The number of fused-ring (bicyclic) bond motifs is 3. The van der Waals surface area contributed by atoms with Gasteiger partial charge in [-0.15, -0.1) is 37.0 Å². The van der Waals surface area contributed by atoms with Gasteiger partial charge in [0.25, 0.3) is 0 Å². The second-order valence-corrected chi connectivity index (χ2v) is 9.80. The van der Waals surface area contributed by atoms with E-state index < -0.39 is 11.9 Å². The summed E-state index contributed by atoms with van der Waals surface area (Å²) in [5.74, 6) is 4.74. The van der Waals surface area contributed by atoms with Crippen LogP contribution in [0.15, 0.2) is 48.5 Å². The number of amides is 2. The molecule has 0 unspecified atom stereocenters. The summed E-state index contributed by atoms with van der Waals surface area (Å²) >= 11 is 0. The zero-order chi connectivity index (χ0) is 37.5. The summed E-state index contributed by atoms with van der Waals surface area (Å²) in [7, 11) is 0. The van der Waals surface area contributed by atoms with Crippen LogP contribution in [0.3, 0.4) is 0 Å². The number of nitrogens with one attached hydrogen (secondary N) is 2. The van der Waals surface area contributed by atoms with Crippen molar-refractivity contribution in [2.45, 2.75) is 71.6 Å². The fraction of sp³-hybridized carbons (Fsp3) is 0.395. The lowest BCUT2D eigenvalue weighted by molar-refractivity contribution is -0.143. The van der Waals surface area contributed by atoms with Gasteiger partial charge in [0.2, 0.25) is 11.8 Å². The third-order valence-electron chi connectivity index (χ3n) is 5.95. The molecule has 0 spiro atoms. The number of terminal acetylenes is 3. The number of nitrogens with two attached hydrogens (primary N) is 1. The van der Waals surface area contributed by atoms with Gasteiger partial charge in [0.15, 0.2) is 0 Å². The molecule has 0 saturated heterocycles. The standard InChI is InChI=1S/C17H16O2.C7H9NO3.C7H11NO.C5H6O2.C2H7N/c1-2-17(18)19-11-16-14-9-5-3-7-12(14)13-8-4-6-10-15(13)16;1-2-3-4-6(9)8-5-7(10)11;1-3-5-6-7(9)8-4-2;1-2-3-4-5(6)7;1-2-3/h3-10,16H,2,11H2,1H3;1H,3-5H2,(H,8,9)(H,10,11);1H,4-6H2,2H3,(H,8,9);1H,3-4H2,(H,6,7);2-3H2,1H3. The molecule has 6 N–H and O–H groups in total. The van der Waals surface area contributed by atoms with Crippen molar-refractivity contribution in [2.24, 2.45) is 5.73 Å². The SMILES string of the molecule is C#CCCC(=O)NCC.C#CCCC(=O)NCC(=O)O.C#CCCC(=O)O.CCC(=O)OCC1c2ccccc2-c2ccccc21.CCN. The maximum Gasteiger partial charge on any atom is 0.322 e. The van der Waals surface area contributed by atoms with Gasteiger partial charge >= 0.3 is 17.9 Å². The van der Waals surface area contributed by atoms with Crippen LogP contribution in [0.2, 0.25) is 0 Å². The highest BCUT2D eigenvalue weighted by atomic mass is 16.5. The minimum Gasteiger partial charge on any atom is -0.481 e. The van der Waals surface area contributed by atoms with Crippen LogP contribution in [0.25, 0.3) is 11.1 Å². The first-order valence-electron chi connectivity index (χ1n) is 15.8. The number of rotatable bonds is 12. The van der Waals surface area contributed by atoms with Crippen LogP contribution in [-0.4, -0.2) is 66.2 Å². The lowest BCUT2D eigenvalue weighted by Gasteiger charge is -2.13. The van der Waals surface area contributed by atoms with E-state index >= 15 is 0 Å². The van der Waals surface area contributed by atoms with Gasteiger partial charge in [-0.2, -0.15) is 0 Å². The molecule has 3 rings (SSSR count). The predicted octanol–water partition coefficient (Wildman–Crippen LogP) is 4.34. The second-order valence-electron chi connectivity index (χ2n) is 9.80. The van der Waals surface area contributed by atoms with Crippen molar-refractivity contribution >= 4 is 29.7 Å². The first-order valence-corrected chi connectivity index (χ1v) is 15.8. The number of hydrogen-bond acceptors (Lipinski definition) is 7. The lowest BCUT2D eigenvalue weighted by Crippen LogP contribution is -2.28. The summed E-state index contributed by atoms with van der Waals surface area (Å²) in [4.78, 5) is 52.2. The van der Waals surface area contributed by atoms with E-state index in [-0.39, 0.29) is 43.1 Å². The number of aliphatic carboxylic acids is 2. The van der Waals surface area contributed by atoms with Gasteiger partial charge in [-0.25, -0.2) is 0 Å². The van der Waals surface area contributed by atoms with E-state index in [1.807, 2.05) is 32.9 Å². The van der Waals surface area contributed by atoms with Crippen molar-refractivity contribution in [3.63, 3.8) is 0 Å². The maximum absolute atomic E-state index is 11.4. The number of carboxylic acid groups (broad SMARTS) is 2. The summed E-state index contributed by atoms with van der Waals surface area (Å²) in [5, 5.41) is 20.9. The van der Waals surface area contributed by atoms with E-state index in [0.717, 1.165) is 6.54 Å². The van der Waals surface area contributed by atoms with E-state index in [2.05, 4.69) is 64.8 Å². The molecule has 49 heavy (non-hydrogen) atoms. The van der Waals surface area contributed by atoms with Crippen LogP contribution in [0.1, 0.15) is 82.8 Å². The smallest absolute Gasteiger partial charge is 0.322 e. The zero-order valence-corrected chi connectivity index (χ0v) is 28.6. The highest BCUT2D eigenvalue weighted by Crippen LogP contribution is 2.44. The van der Waals surface area contributed by atoms with Gasteiger partial charge < -0.3 is 31.3 Å². The Morgan fingerprint density at radius 1 is 0.735 bits per heavy atom. The van der Waals surface area contributed by atoms with E-state index in [1.54, 1.807) is 0 Å². The molecule has 264 valence electrons. The molecule has 1 aliphatic carbocycles. The summed E-state index contributed by atoms with van der Waals surface area (Å²) in [6.45, 7) is 7.13. The number of benzene rings is 2. The average Bonchev–Trinajstić information content (AvgIpc) is 3.41. The lowest BCUT2D eigenvalue weighted by atomic mass is 9.98. The van der Waals surface area contributed by atoms with Gasteiger partial charge in [-0.3, -0.25) is 24.0 Å². The number of carbonyl (C=O) groups is 5. The molecule has 0 aliphatic heterocycles. The van der Waals surface area contributed by atoms with Gasteiger partial charge in [0.1, 0.15) is 13.2 Å². The Morgan fingerprint density at radius 3 is 1.53 bits per heavy atom. The number of carboxylic acids is 2. The van der Waals surface area contributed by atoms with Gasteiger partial charge in [0, 0.05) is 51.0 Å². The van der Waals surface area contributed by atoms with Crippen LogP contribution in [0, 0.1) is 37.0 Å². The van der Waals surface area contributed by atoms with Crippen molar-refractivity contribution in [3.05, 3.63) is 59.7 Å². The normalized spacial score (nSPS) is 9.73. The summed E-state index contributed by atoms with van der Waals surface area (Å²) in [6.07, 6.45) is 16.9. The topological polar surface area (TPSA) is 185 Å². The van der Waals surface area contributed by atoms with Crippen LogP contribution < -0.4 is 16.4 Å². The molecule has 0 bridgehead atoms. The van der Waals surface area contributed by atoms with Crippen LogP contribution in [0.5, 0.6) is 0 Å². The average molecular weight is 676 g/mol. The molecule has 11 heteroatoms. The first-order chi connectivity index (χ1) is 23.5. The Bertz CT molecular complexity index is 1390. The van der Waals surface area contributed by atoms with Crippen molar-refractivity contribution in [1.82, 2.24) is 10.6 Å². The van der Waals surface area contributed by atoms with E-state index in [4.69, 9.17) is 40.0 Å². The fourth-order valence-electron chi connectivity index (χ4n) is 3.82. The monoisotopic (exact) mass is 675 g/mol. The highest BCUT2D eigenvalue weighted by Gasteiger charge is 2.28. The van der Waals surface area contributed by atoms with Gasteiger partial charge in [-0.1, -0.05) is 62.4 Å². The molecule has 0 aromatic heterocycles. The number of esters is 1. The Labute approximate surface area is 290 Å². The van der Waals surface area contributed by atoms with Crippen molar-refractivity contribution in [1.29, 1.82) is 0 Å². The largest absolute Gasteiger partial charge is 0.481 e.